The molecule has 5 nitrogen and oxygen atoms in total. The SMILES string of the molecule is CCCC(C(CC(=O)OCC)C(=O)OCC)C(C)(C#N)CCC. The van der Waals surface area contributed by atoms with Crippen LogP contribution in [0, 0.1) is 28.6 Å². The molecule has 23 heavy (non-hydrogen) atoms. The van der Waals surface area contributed by atoms with Crippen molar-refractivity contribution in [1.29, 1.82) is 5.26 Å². The lowest BCUT2D eigenvalue weighted by atomic mass is 9.66. The molecule has 0 saturated carbocycles. The van der Waals surface area contributed by atoms with E-state index in [1.807, 2.05) is 20.8 Å². The van der Waals surface area contributed by atoms with Crippen LogP contribution in [-0.4, -0.2) is 25.2 Å². The number of nitriles is 1. The first-order chi connectivity index (χ1) is 10.9. The molecule has 132 valence electrons. The largest absolute Gasteiger partial charge is 0.466 e. The highest BCUT2D eigenvalue weighted by Gasteiger charge is 2.43. The standard InChI is InChI=1S/C18H31NO4/c1-6-10-15(18(5,13-19)11-7-2)14(17(21)23-9-4)12-16(20)22-8-3/h14-15H,6-12H2,1-5H3. The van der Waals surface area contributed by atoms with Crippen LogP contribution in [0.5, 0.6) is 0 Å². The molecule has 0 aromatic rings. The maximum absolute atomic E-state index is 12.4. The molecule has 0 aliphatic heterocycles. The summed E-state index contributed by atoms with van der Waals surface area (Å²) in [4.78, 5) is 24.4. The summed E-state index contributed by atoms with van der Waals surface area (Å²) < 4.78 is 10.2. The van der Waals surface area contributed by atoms with Crippen molar-refractivity contribution < 1.29 is 19.1 Å². The highest BCUT2D eigenvalue weighted by molar-refractivity contribution is 5.80. The summed E-state index contributed by atoms with van der Waals surface area (Å²) in [5, 5.41) is 9.69. The van der Waals surface area contributed by atoms with E-state index < -0.39 is 23.3 Å². The molecule has 3 atom stereocenters. The smallest absolute Gasteiger partial charge is 0.309 e. The average Bonchev–Trinajstić information content (AvgIpc) is 2.51. The Kier molecular flexibility index (Phi) is 10.3. The number of carbonyl (C=O) groups excluding carboxylic acids is 2. The van der Waals surface area contributed by atoms with Gasteiger partial charge >= 0.3 is 11.9 Å². The fourth-order valence-electron chi connectivity index (χ4n) is 3.16. The predicted molar refractivity (Wildman–Crippen MR) is 88.4 cm³/mol. The van der Waals surface area contributed by atoms with E-state index in [9.17, 15) is 14.9 Å². The van der Waals surface area contributed by atoms with Crippen LogP contribution in [0.25, 0.3) is 0 Å². The number of hydrogen-bond acceptors (Lipinski definition) is 5. The molecule has 5 heteroatoms. The van der Waals surface area contributed by atoms with Crippen molar-refractivity contribution in [2.75, 3.05) is 13.2 Å². The first-order valence-corrected chi connectivity index (χ1v) is 8.63. The number of esters is 2. The highest BCUT2D eigenvalue weighted by Crippen LogP contribution is 2.41. The van der Waals surface area contributed by atoms with Crippen molar-refractivity contribution in [3.05, 3.63) is 0 Å². The Balaban J connectivity index is 5.58. The zero-order chi connectivity index (χ0) is 17.9. The van der Waals surface area contributed by atoms with Gasteiger partial charge < -0.3 is 9.47 Å². The minimum Gasteiger partial charge on any atom is -0.466 e. The van der Waals surface area contributed by atoms with Gasteiger partial charge in [0.15, 0.2) is 0 Å². The van der Waals surface area contributed by atoms with Gasteiger partial charge in [-0.2, -0.15) is 5.26 Å². The summed E-state index contributed by atoms with van der Waals surface area (Å²) >= 11 is 0. The van der Waals surface area contributed by atoms with Crippen LogP contribution in [0.4, 0.5) is 0 Å². The third-order valence-corrected chi connectivity index (χ3v) is 4.21. The van der Waals surface area contributed by atoms with Gasteiger partial charge in [-0.1, -0.05) is 26.7 Å². The lowest BCUT2D eigenvalue weighted by Crippen LogP contribution is -2.38. The zero-order valence-corrected chi connectivity index (χ0v) is 15.2. The van der Waals surface area contributed by atoms with Crippen LogP contribution < -0.4 is 0 Å². The molecule has 0 spiro atoms. The molecule has 0 radical (unpaired) electrons. The lowest BCUT2D eigenvalue weighted by molar-refractivity contribution is -0.158. The molecule has 0 aromatic carbocycles. The second-order valence-electron chi connectivity index (χ2n) is 6.04. The molecule has 0 aliphatic carbocycles. The summed E-state index contributed by atoms with van der Waals surface area (Å²) in [7, 11) is 0. The Labute approximate surface area is 140 Å². The van der Waals surface area contributed by atoms with E-state index in [-0.39, 0.29) is 25.6 Å². The summed E-state index contributed by atoms with van der Waals surface area (Å²) in [5.41, 5.74) is -0.658. The average molecular weight is 325 g/mol. The molecule has 0 aliphatic rings. The quantitative estimate of drug-likeness (QED) is 0.539. The van der Waals surface area contributed by atoms with Crippen molar-refractivity contribution in [2.45, 2.75) is 66.7 Å². The van der Waals surface area contributed by atoms with Crippen LogP contribution in [0.2, 0.25) is 0 Å². The monoisotopic (exact) mass is 325 g/mol. The van der Waals surface area contributed by atoms with E-state index in [0.717, 1.165) is 12.8 Å². The fourth-order valence-corrected chi connectivity index (χ4v) is 3.16. The second kappa shape index (κ2) is 11.0. The zero-order valence-electron chi connectivity index (χ0n) is 15.2. The van der Waals surface area contributed by atoms with E-state index in [1.54, 1.807) is 13.8 Å². The number of hydrogen-bond donors (Lipinski definition) is 0. The summed E-state index contributed by atoms with van der Waals surface area (Å²) in [6, 6.07) is 2.39. The summed E-state index contributed by atoms with van der Waals surface area (Å²) in [5.74, 6) is -1.67. The molecule has 0 aromatic heterocycles. The van der Waals surface area contributed by atoms with Crippen molar-refractivity contribution in [3.63, 3.8) is 0 Å². The van der Waals surface area contributed by atoms with E-state index >= 15 is 0 Å². The number of ether oxygens (including phenoxy) is 2. The van der Waals surface area contributed by atoms with Crippen molar-refractivity contribution in [2.24, 2.45) is 17.3 Å². The third kappa shape index (κ3) is 6.60. The lowest BCUT2D eigenvalue weighted by Gasteiger charge is -2.36. The van der Waals surface area contributed by atoms with Gasteiger partial charge in [-0.05, 0) is 39.5 Å². The van der Waals surface area contributed by atoms with E-state index in [1.165, 1.54) is 0 Å². The van der Waals surface area contributed by atoms with E-state index in [4.69, 9.17) is 9.47 Å². The van der Waals surface area contributed by atoms with Crippen LogP contribution in [0.15, 0.2) is 0 Å². The third-order valence-electron chi connectivity index (χ3n) is 4.21. The van der Waals surface area contributed by atoms with Gasteiger partial charge in [0, 0.05) is 0 Å². The Morgan fingerprint density at radius 3 is 2.13 bits per heavy atom. The first-order valence-electron chi connectivity index (χ1n) is 8.63. The Morgan fingerprint density at radius 2 is 1.70 bits per heavy atom. The van der Waals surface area contributed by atoms with Crippen LogP contribution in [0.3, 0.4) is 0 Å². The van der Waals surface area contributed by atoms with E-state index in [2.05, 4.69) is 6.07 Å². The number of carbonyl (C=O) groups is 2. The predicted octanol–water partition coefficient (Wildman–Crippen LogP) is 3.87. The second-order valence-corrected chi connectivity index (χ2v) is 6.04. The van der Waals surface area contributed by atoms with Gasteiger partial charge in [-0.25, -0.2) is 0 Å². The van der Waals surface area contributed by atoms with Gasteiger partial charge in [-0.15, -0.1) is 0 Å². The minimum atomic E-state index is -0.658. The topological polar surface area (TPSA) is 76.4 Å². The van der Waals surface area contributed by atoms with Gasteiger partial charge in [0.25, 0.3) is 0 Å². The van der Waals surface area contributed by atoms with Crippen LogP contribution in [-0.2, 0) is 19.1 Å². The molecule has 0 fully saturated rings. The minimum absolute atomic E-state index is 0.0294. The molecule has 0 amide bonds. The van der Waals surface area contributed by atoms with Crippen molar-refractivity contribution in [3.8, 4) is 6.07 Å². The molecular formula is C18H31NO4. The molecule has 0 rings (SSSR count). The molecule has 0 saturated heterocycles. The fraction of sp³-hybridized carbons (Fsp3) is 0.833. The van der Waals surface area contributed by atoms with Crippen molar-refractivity contribution in [1.82, 2.24) is 0 Å². The van der Waals surface area contributed by atoms with Gasteiger partial charge in [0.2, 0.25) is 0 Å². The van der Waals surface area contributed by atoms with Crippen LogP contribution in [0.1, 0.15) is 66.7 Å². The molecule has 0 N–H and O–H groups in total. The van der Waals surface area contributed by atoms with Gasteiger partial charge in [-0.3, -0.25) is 9.59 Å². The normalized spacial score (nSPS) is 15.8. The Bertz CT molecular complexity index is 416. The number of nitrogens with zero attached hydrogens (tertiary/aromatic N) is 1. The Hall–Kier alpha value is -1.57. The highest BCUT2D eigenvalue weighted by atomic mass is 16.5. The molecule has 0 bridgehead atoms. The molecule has 0 heterocycles. The van der Waals surface area contributed by atoms with Gasteiger partial charge in [0.1, 0.15) is 0 Å². The van der Waals surface area contributed by atoms with Gasteiger partial charge in [0.05, 0.1) is 37.0 Å². The number of rotatable bonds is 11. The van der Waals surface area contributed by atoms with Crippen LogP contribution >= 0.6 is 0 Å². The maximum atomic E-state index is 12.4. The Morgan fingerprint density at radius 1 is 1.09 bits per heavy atom. The maximum Gasteiger partial charge on any atom is 0.309 e. The first kappa shape index (κ1) is 21.4. The van der Waals surface area contributed by atoms with E-state index in [0.29, 0.717) is 12.8 Å². The summed E-state index contributed by atoms with van der Waals surface area (Å²) in [6.45, 7) is 9.92. The molecular weight excluding hydrogens is 294 g/mol. The summed E-state index contributed by atoms with van der Waals surface area (Å²) in [6.07, 6.45) is 3.04. The molecule has 3 unspecified atom stereocenters. The van der Waals surface area contributed by atoms with Crippen molar-refractivity contribution >= 4 is 11.9 Å².